The van der Waals surface area contributed by atoms with Gasteiger partial charge in [0.05, 0.1) is 10.7 Å². The molecule has 0 saturated carbocycles. The Hall–Kier alpha value is -0.690. The molecule has 1 aromatic rings. The van der Waals surface area contributed by atoms with Crippen molar-refractivity contribution in [3.05, 3.63) is 28.8 Å². The molecule has 1 aromatic carbocycles. The predicted molar refractivity (Wildman–Crippen MR) is 73.5 cm³/mol. The molecule has 0 saturated heterocycles. The molecule has 0 aliphatic carbocycles. The van der Waals surface area contributed by atoms with E-state index in [0.717, 1.165) is 10.7 Å². The minimum absolute atomic E-state index is 0.0346. The maximum Gasteiger partial charge on any atom is 0.0640 e. The van der Waals surface area contributed by atoms with Crippen LogP contribution in [0.5, 0.6) is 0 Å². The summed E-state index contributed by atoms with van der Waals surface area (Å²) in [6.07, 6.45) is 0. The fourth-order valence-corrected chi connectivity index (χ4v) is 1.71. The zero-order valence-corrected chi connectivity index (χ0v) is 11.9. The summed E-state index contributed by atoms with van der Waals surface area (Å²) in [7, 11) is 0. The SMILES string of the molecule is CC(C)(C)Nc1ccc(C(C)(C)C)cc1Cl. The van der Waals surface area contributed by atoms with Crippen molar-refractivity contribution in [2.75, 3.05) is 5.32 Å². The molecule has 0 radical (unpaired) electrons. The third kappa shape index (κ3) is 3.71. The fourth-order valence-electron chi connectivity index (χ4n) is 1.49. The lowest BCUT2D eigenvalue weighted by atomic mass is 9.87. The van der Waals surface area contributed by atoms with Crippen molar-refractivity contribution < 1.29 is 0 Å². The van der Waals surface area contributed by atoms with Gasteiger partial charge < -0.3 is 5.32 Å². The number of anilines is 1. The van der Waals surface area contributed by atoms with E-state index >= 15 is 0 Å². The van der Waals surface area contributed by atoms with E-state index in [9.17, 15) is 0 Å². The van der Waals surface area contributed by atoms with Gasteiger partial charge in [0.2, 0.25) is 0 Å². The van der Waals surface area contributed by atoms with Crippen LogP contribution >= 0.6 is 11.6 Å². The van der Waals surface area contributed by atoms with Gasteiger partial charge in [-0.2, -0.15) is 0 Å². The molecule has 0 aromatic heterocycles. The van der Waals surface area contributed by atoms with Gasteiger partial charge in [-0.25, -0.2) is 0 Å². The van der Waals surface area contributed by atoms with Crippen molar-refractivity contribution in [3.8, 4) is 0 Å². The number of nitrogens with one attached hydrogen (secondary N) is 1. The van der Waals surface area contributed by atoms with E-state index in [1.165, 1.54) is 5.56 Å². The molecule has 2 heteroatoms. The van der Waals surface area contributed by atoms with Crippen LogP contribution in [-0.2, 0) is 5.41 Å². The molecule has 16 heavy (non-hydrogen) atoms. The van der Waals surface area contributed by atoms with Gasteiger partial charge in [0.15, 0.2) is 0 Å². The Morgan fingerprint density at radius 2 is 1.56 bits per heavy atom. The average Bonchev–Trinajstić information content (AvgIpc) is 2.04. The highest BCUT2D eigenvalue weighted by Gasteiger charge is 2.16. The van der Waals surface area contributed by atoms with E-state index in [1.54, 1.807) is 0 Å². The molecule has 0 atom stereocenters. The van der Waals surface area contributed by atoms with E-state index in [1.807, 2.05) is 0 Å². The van der Waals surface area contributed by atoms with Crippen LogP contribution in [0.4, 0.5) is 5.69 Å². The maximum atomic E-state index is 6.28. The standard InChI is InChI=1S/C14H22ClN/c1-13(2,3)10-7-8-12(11(15)9-10)16-14(4,5)6/h7-9,16H,1-6H3. The van der Waals surface area contributed by atoms with Crippen LogP contribution in [0.15, 0.2) is 18.2 Å². The Labute approximate surface area is 104 Å². The molecule has 1 N–H and O–H groups in total. The molecule has 0 spiro atoms. The van der Waals surface area contributed by atoms with Crippen molar-refractivity contribution in [1.82, 2.24) is 0 Å². The molecule has 1 rings (SSSR count). The summed E-state index contributed by atoms with van der Waals surface area (Å²) in [5, 5.41) is 4.19. The first kappa shape index (κ1) is 13.4. The summed E-state index contributed by atoms with van der Waals surface area (Å²) >= 11 is 6.28. The number of rotatable bonds is 1. The van der Waals surface area contributed by atoms with Gasteiger partial charge in [0.25, 0.3) is 0 Å². The van der Waals surface area contributed by atoms with Gasteiger partial charge in [-0.3, -0.25) is 0 Å². The molecule has 90 valence electrons. The van der Waals surface area contributed by atoms with Crippen LogP contribution in [0.1, 0.15) is 47.1 Å². The number of hydrogen-bond donors (Lipinski definition) is 1. The smallest absolute Gasteiger partial charge is 0.0640 e. The van der Waals surface area contributed by atoms with Crippen molar-refractivity contribution in [2.45, 2.75) is 52.5 Å². The van der Waals surface area contributed by atoms with Crippen LogP contribution in [0.3, 0.4) is 0 Å². The first-order valence-electron chi connectivity index (χ1n) is 5.68. The lowest BCUT2D eigenvalue weighted by molar-refractivity contribution is 0.590. The fraction of sp³-hybridized carbons (Fsp3) is 0.571. The molecule has 0 heterocycles. The van der Waals surface area contributed by atoms with E-state index < -0.39 is 0 Å². The van der Waals surface area contributed by atoms with Crippen LogP contribution < -0.4 is 5.32 Å². The molecular weight excluding hydrogens is 218 g/mol. The largest absolute Gasteiger partial charge is 0.379 e. The summed E-state index contributed by atoms with van der Waals surface area (Å²) in [6.45, 7) is 12.9. The highest BCUT2D eigenvalue weighted by molar-refractivity contribution is 6.33. The Bertz CT molecular complexity index is 369. The second-order valence-electron chi connectivity index (χ2n) is 6.32. The van der Waals surface area contributed by atoms with E-state index in [4.69, 9.17) is 11.6 Å². The first-order chi connectivity index (χ1) is 7.09. The number of benzene rings is 1. The minimum Gasteiger partial charge on any atom is -0.379 e. The topological polar surface area (TPSA) is 12.0 Å². The quantitative estimate of drug-likeness (QED) is 0.739. The van der Waals surface area contributed by atoms with Crippen molar-refractivity contribution in [2.24, 2.45) is 0 Å². The zero-order valence-electron chi connectivity index (χ0n) is 11.1. The van der Waals surface area contributed by atoms with Gasteiger partial charge in [-0.1, -0.05) is 38.4 Å². The third-order valence-electron chi connectivity index (χ3n) is 2.34. The minimum atomic E-state index is 0.0346. The predicted octanol–water partition coefficient (Wildman–Crippen LogP) is 4.85. The van der Waals surface area contributed by atoms with E-state index in [-0.39, 0.29) is 11.0 Å². The van der Waals surface area contributed by atoms with Crippen LogP contribution in [0.25, 0.3) is 0 Å². The summed E-state index contributed by atoms with van der Waals surface area (Å²) in [5.41, 5.74) is 2.44. The Morgan fingerprint density at radius 3 is 1.94 bits per heavy atom. The van der Waals surface area contributed by atoms with Gasteiger partial charge in [0, 0.05) is 5.54 Å². The van der Waals surface area contributed by atoms with Crippen LogP contribution in [-0.4, -0.2) is 5.54 Å². The molecule has 0 fully saturated rings. The molecule has 0 unspecified atom stereocenters. The molecule has 1 nitrogen and oxygen atoms in total. The Morgan fingerprint density at radius 1 is 1.00 bits per heavy atom. The summed E-state index contributed by atoms with van der Waals surface area (Å²) in [6, 6.07) is 6.25. The van der Waals surface area contributed by atoms with Gasteiger partial charge in [-0.05, 0) is 43.9 Å². The second kappa shape index (κ2) is 4.29. The number of halogens is 1. The van der Waals surface area contributed by atoms with Crippen LogP contribution in [0.2, 0.25) is 5.02 Å². The highest BCUT2D eigenvalue weighted by Crippen LogP contribution is 2.31. The Kier molecular flexibility index (Phi) is 3.59. The zero-order chi connectivity index (χ0) is 12.6. The van der Waals surface area contributed by atoms with Gasteiger partial charge in [0.1, 0.15) is 0 Å². The molecule has 0 amide bonds. The van der Waals surface area contributed by atoms with Gasteiger partial charge in [-0.15, -0.1) is 0 Å². The summed E-state index contributed by atoms with van der Waals surface area (Å²) in [5.74, 6) is 0. The summed E-state index contributed by atoms with van der Waals surface area (Å²) in [4.78, 5) is 0. The van der Waals surface area contributed by atoms with Gasteiger partial charge >= 0.3 is 0 Å². The lowest BCUT2D eigenvalue weighted by Gasteiger charge is -2.25. The molecule has 0 aliphatic rings. The summed E-state index contributed by atoms with van der Waals surface area (Å²) < 4.78 is 0. The average molecular weight is 240 g/mol. The maximum absolute atomic E-state index is 6.28. The monoisotopic (exact) mass is 239 g/mol. The van der Waals surface area contributed by atoms with Crippen molar-refractivity contribution in [3.63, 3.8) is 0 Å². The van der Waals surface area contributed by atoms with E-state index in [0.29, 0.717) is 0 Å². The first-order valence-corrected chi connectivity index (χ1v) is 6.05. The third-order valence-corrected chi connectivity index (χ3v) is 2.66. The van der Waals surface area contributed by atoms with E-state index in [2.05, 4.69) is 65.1 Å². The molecule has 0 bridgehead atoms. The second-order valence-corrected chi connectivity index (χ2v) is 6.73. The highest BCUT2D eigenvalue weighted by atomic mass is 35.5. The lowest BCUT2D eigenvalue weighted by Crippen LogP contribution is -2.26. The normalized spacial score (nSPS) is 12.7. The Balaban J connectivity index is 3.01. The molecular formula is C14H22ClN. The van der Waals surface area contributed by atoms with Crippen molar-refractivity contribution in [1.29, 1.82) is 0 Å². The number of hydrogen-bond acceptors (Lipinski definition) is 1. The molecule has 0 aliphatic heterocycles. The van der Waals surface area contributed by atoms with Crippen molar-refractivity contribution >= 4 is 17.3 Å². The van der Waals surface area contributed by atoms with Crippen LogP contribution in [0, 0.1) is 0 Å².